The largest absolute Gasteiger partial charge is 0.481 e. The summed E-state index contributed by atoms with van der Waals surface area (Å²) in [6, 6.07) is 0. The molecule has 0 heterocycles. The van der Waals surface area contributed by atoms with E-state index in [1.54, 1.807) is 0 Å². The molecule has 0 radical (unpaired) electrons. The van der Waals surface area contributed by atoms with Gasteiger partial charge >= 0.3 is 11.9 Å². The number of hydrogen-bond donors (Lipinski definition) is 1. The fourth-order valence-corrected chi connectivity index (χ4v) is 3.59. The molecule has 0 saturated heterocycles. The Morgan fingerprint density at radius 2 is 1.33 bits per heavy atom. The van der Waals surface area contributed by atoms with Gasteiger partial charge in [-0.2, -0.15) is 0 Å². The van der Waals surface area contributed by atoms with Gasteiger partial charge in [0.05, 0.1) is 12.3 Å². The molecule has 1 atom stereocenters. The van der Waals surface area contributed by atoms with Gasteiger partial charge in [0.25, 0.3) is 0 Å². The average molecular weight is 423 g/mol. The molecule has 4 nitrogen and oxygen atoms in total. The Labute approximate surface area is 185 Å². The van der Waals surface area contributed by atoms with Crippen LogP contribution >= 0.6 is 0 Å². The molecule has 0 aliphatic carbocycles. The van der Waals surface area contributed by atoms with Crippen molar-refractivity contribution in [3.63, 3.8) is 0 Å². The Morgan fingerprint density at radius 1 is 0.833 bits per heavy atom. The van der Waals surface area contributed by atoms with Crippen molar-refractivity contribution in [1.29, 1.82) is 0 Å². The predicted octanol–water partition coefficient (Wildman–Crippen LogP) is 7.62. The standard InChI is InChI=1S/C26H46O4/c1-3-5-6-7-8-9-10-11-12-13-14-15-16-17-18-19-20-21-24(23-25(27)28)26(29)30-22-4-2/h4,8-9,24H,2-3,5-7,10-23H2,1H3,(H,27,28)/b9-8+. The van der Waals surface area contributed by atoms with Crippen molar-refractivity contribution in [3.05, 3.63) is 24.8 Å². The molecule has 0 aromatic rings. The van der Waals surface area contributed by atoms with E-state index in [0.29, 0.717) is 6.42 Å². The van der Waals surface area contributed by atoms with Crippen molar-refractivity contribution in [2.75, 3.05) is 6.61 Å². The summed E-state index contributed by atoms with van der Waals surface area (Å²) in [6.45, 7) is 5.90. The molecule has 0 rings (SSSR count). The first kappa shape index (κ1) is 28.4. The third kappa shape index (κ3) is 19.7. The van der Waals surface area contributed by atoms with E-state index in [0.717, 1.165) is 19.3 Å². The van der Waals surface area contributed by atoms with E-state index in [1.807, 2.05) is 0 Å². The zero-order valence-corrected chi connectivity index (χ0v) is 19.4. The van der Waals surface area contributed by atoms with Crippen LogP contribution in [-0.2, 0) is 14.3 Å². The second-order valence-corrected chi connectivity index (χ2v) is 8.29. The number of carboxylic acid groups (broad SMARTS) is 1. The van der Waals surface area contributed by atoms with Gasteiger partial charge in [0.15, 0.2) is 0 Å². The summed E-state index contributed by atoms with van der Waals surface area (Å²) < 4.78 is 5.01. The summed E-state index contributed by atoms with van der Waals surface area (Å²) in [5.41, 5.74) is 0. The number of rotatable bonds is 22. The van der Waals surface area contributed by atoms with Crippen LogP contribution < -0.4 is 0 Å². The lowest BCUT2D eigenvalue weighted by atomic mass is 9.97. The molecule has 0 amide bonds. The molecular weight excluding hydrogens is 376 g/mol. The van der Waals surface area contributed by atoms with Crippen molar-refractivity contribution in [2.24, 2.45) is 5.92 Å². The Morgan fingerprint density at radius 3 is 1.83 bits per heavy atom. The van der Waals surface area contributed by atoms with Crippen LogP contribution in [-0.4, -0.2) is 23.7 Å². The number of carboxylic acids is 1. The number of unbranched alkanes of at least 4 members (excludes halogenated alkanes) is 13. The second-order valence-electron chi connectivity index (χ2n) is 8.29. The van der Waals surface area contributed by atoms with Crippen LogP contribution in [0.25, 0.3) is 0 Å². The SMILES string of the molecule is C=CCOC(=O)C(CCCCCCCCCCCC/C=C/CCCCC)CC(=O)O. The molecule has 4 heteroatoms. The van der Waals surface area contributed by atoms with Crippen LogP contribution in [0, 0.1) is 5.92 Å². The van der Waals surface area contributed by atoms with Crippen LogP contribution in [0.1, 0.15) is 116 Å². The van der Waals surface area contributed by atoms with E-state index in [1.165, 1.54) is 83.1 Å². The lowest BCUT2D eigenvalue weighted by Gasteiger charge is -2.13. The zero-order valence-electron chi connectivity index (χ0n) is 19.4. The van der Waals surface area contributed by atoms with Gasteiger partial charge in [-0.15, -0.1) is 0 Å². The number of allylic oxidation sites excluding steroid dienone is 2. The minimum Gasteiger partial charge on any atom is -0.481 e. The Balaban J connectivity index is 3.51. The fraction of sp³-hybridized carbons (Fsp3) is 0.769. The van der Waals surface area contributed by atoms with Crippen molar-refractivity contribution in [1.82, 2.24) is 0 Å². The highest BCUT2D eigenvalue weighted by molar-refractivity contribution is 5.79. The topological polar surface area (TPSA) is 63.6 Å². The summed E-state index contributed by atoms with van der Waals surface area (Å²) in [5.74, 6) is -1.89. The number of carbonyl (C=O) groups excluding carboxylic acids is 1. The van der Waals surface area contributed by atoms with Gasteiger partial charge < -0.3 is 9.84 Å². The summed E-state index contributed by atoms with van der Waals surface area (Å²) in [6.07, 6.45) is 25.3. The molecule has 0 aliphatic rings. The number of aliphatic carboxylic acids is 1. The maximum atomic E-state index is 11.9. The minimum atomic E-state index is -0.946. The third-order valence-electron chi connectivity index (χ3n) is 5.41. The first-order valence-electron chi connectivity index (χ1n) is 12.3. The molecule has 0 bridgehead atoms. The van der Waals surface area contributed by atoms with Crippen LogP contribution in [0.3, 0.4) is 0 Å². The van der Waals surface area contributed by atoms with Crippen molar-refractivity contribution < 1.29 is 19.4 Å². The van der Waals surface area contributed by atoms with Gasteiger partial charge in [0, 0.05) is 0 Å². The highest BCUT2D eigenvalue weighted by atomic mass is 16.5. The van der Waals surface area contributed by atoms with E-state index in [-0.39, 0.29) is 13.0 Å². The Hall–Kier alpha value is -1.58. The average Bonchev–Trinajstić information content (AvgIpc) is 2.73. The molecule has 0 spiro atoms. The second kappa shape index (κ2) is 22.1. The lowest BCUT2D eigenvalue weighted by molar-refractivity contribution is -0.152. The number of esters is 1. The molecule has 0 fully saturated rings. The van der Waals surface area contributed by atoms with Crippen LogP contribution in [0.15, 0.2) is 24.8 Å². The summed E-state index contributed by atoms with van der Waals surface area (Å²) in [5, 5.41) is 8.97. The van der Waals surface area contributed by atoms with E-state index < -0.39 is 17.9 Å². The van der Waals surface area contributed by atoms with Crippen LogP contribution in [0.5, 0.6) is 0 Å². The van der Waals surface area contributed by atoms with Gasteiger partial charge in [-0.05, 0) is 32.1 Å². The van der Waals surface area contributed by atoms with E-state index in [9.17, 15) is 9.59 Å². The van der Waals surface area contributed by atoms with E-state index in [4.69, 9.17) is 9.84 Å². The maximum Gasteiger partial charge on any atom is 0.309 e. The maximum absolute atomic E-state index is 11.9. The summed E-state index contributed by atoms with van der Waals surface area (Å²) in [7, 11) is 0. The highest BCUT2D eigenvalue weighted by Crippen LogP contribution is 2.18. The van der Waals surface area contributed by atoms with Gasteiger partial charge in [0.2, 0.25) is 0 Å². The van der Waals surface area contributed by atoms with Crippen molar-refractivity contribution >= 4 is 11.9 Å². The molecule has 1 unspecified atom stereocenters. The minimum absolute atomic E-state index is 0.144. The number of carbonyl (C=O) groups is 2. The molecule has 0 aromatic carbocycles. The van der Waals surface area contributed by atoms with Crippen LogP contribution in [0.4, 0.5) is 0 Å². The molecule has 1 N–H and O–H groups in total. The molecule has 30 heavy (non-hydrogen) atoms. The Bertz CT molecular complexity index is 456. The summed E-state index contributed by atoms with van der Waals surface area (Å²) in [4.78, 5) is 22.8. The highest BCUT2D eigenvalue weighted by Gasteiger charge is 2.22. The molecule has 0 aliphatic heterocycles. The summed E-state index contributed by atoms with van der Waals surface area (Å²) >= 11 is 0. The van der Waals surface area contributed by atoms with E-state index in [2.05, 4.69) is 25.7 Å². The monoisotopic (exact) mass is 422 g/mol. The quantitative estimate of drug-likeness (QED) is 0.111. The molecule has 0 saturated carbocycles. The van der Waals surface area contributed by atoms with E-state index >= 15 is 0 Å². The zero-order chi connectivity index (χ0) is 22.3. The molecule has 0 aromatic heterocycles. The first-order chi connectivity index (χ1) is 14.6. The van der Waals surface area contributed by atoms with Gasteiger partial charge in [-0.25, -0.2) is 0 Å². The molecular formula is C26H46O4. The normalized spacial score (nSPS) is 12.2. The predicted molar refractivity (Wildman–Crippen MR) is 126 cm³/mol. The lowest BCUT2D eigenvalue weighted by Crippen LogP contribution is -2.21. The first-order valence-corrected chi connectivity index (χ1v) is 12.3. The Kier molecular flexibility index (Phi) is 20.9. The van der Waals surface area contributed by atoms with Gasteiger partial charge in [-0.3, -0.25) is 9.59 Å². The van der Waals surface area contributed by atoms with Crippen molar-refractivity contribution in [3.8, 4) is 0 Å². The third-order valence-corrected chi connectivity index (χ3v) is 5.41. The number of ether oxygens (including phenoxy) is 1. The van der Waals surface area contributed by atoms with Crippen LogP contribution in [0.2, 0.25) is 0 Å². The van der Waals surface area contributed by atoms with Gasteiger partial charge in [0.1, 0.15) is 6.61 Å². The smallest absolute Gasteiger partial charge is 0.309 e. The van der Waals surface area contributed by atoms with Gasteiger partial charge in [-0.1, -0.05) is 102 Å². The number of hydrogen-bond acceptors (Lipinski definition) is 3. The fourth-order valence-electron chi connectivity index (χ4n) is 3.59. The molecule has 174 valence electrons. The van der Waals surface area contributed by atoms with Crippen molar-refractivity contribution in [2.45, 2.75) is 116 Å².